The van der Waals surface area contributed by atoms with Gasteiger partial charge in [-0.3, -0.25) is 4.79 Å². The fourth-order valence-electron chi connectivity index (χ4n) is 2.38. The highest BCUT2D eigenvalue weighted by atomic mass is 19.1. The number of hydrogen-bond donors (Lipinski definition) is 1. The average molecular weight is 266 g/mol. The largest absolute Gasteiger partial charge is 0.367 e. The monoisotopic (exact) mass is 266 g/mol. The summed E-state index contributed by atoms with van der Waals surface area (Å²) in [5.74, 6) is -0.811. The number of rotatable bonds is 2. The Kier molecular flexibility index (Phi) is 3.87. The van der Waals surface area contributed by atoms with Crippen molar-refractivity contribution < 1.29 is 13.9 Å². The molecule has 1 saturated heterocycles. The van der Waals surface area contributed by atoms with Crippen LogP contribution < -0.4 is 5.73 Å². The molecule has 0 aromatic heterocycles. The fourth-order valence-corrected chi connectivity index (χ4v) is 2.38. The average Bonchev–Trinajstić information content (AvgIpc) is 2.36. The predicted molar refractivity (Wildman–Crippen MR) is 70.3 cm³/mol. The van der Waals surface area contributed by atoms with Gasteiger partial charge in [0.05, 0.1) is 17.3 Å². The molecule has 2 N–H and O–H groups in total. The first-order valence-corrected chi connectivity index (χ1v) is 6.34. The molecular formula is C14H19FN2O2. The lowest BCUT2D eigenvalue weighted by Crippen LogP contribution is -2.56. The van der Waals surface area contributed by atoms with Gasteiger partial charge in [-0.2, -0.15) is 0 Å². The first kappa shape index (κ1) is 14.0. The SMILES string of the molecule is CC1(C)CN(C(=O)c2ccccc2F)CC(CN)O1. The Hall–Kier alpha value is -1.46. The van der Waals surface area contributed by atoms with E-state index in [0.29, 0.717) is 19.6 Å². The van der Waals surface area contributed by atoms with E-state index in [4.69, 9.17) is 10.5 Å². The van der Waals surface area contributed by atoms with Gasteiger partial charge < -0.3 is 15.4 Å². The number of amides is 1. The second-order valence-electron chi connectivity index (χ2n) is 5.40. The van der Waals surface area contributed by atoms with Crippen LogP contribution in [0.15, 0.2) is 24.3 Å². The van der Waals surface area contributed by atoms with Crippen molar-refractivity contribution in [1.29, 1.82) is 0 Å². The summed E-state index contributed by atoms with van der Waals surface area (Å²) in [5, 5.41) is 0. The van der Waals surface area contributed by atoms with Crippen LogP contribution in [0.3, 0.4) is 0 Å². The van der Waals surface area contributed by atoms with Gasteiger partial charge in [-0.15, -0.1) is 0 Å². The Morgan fingerprint density at radius 1 is 1.53 bits per heavy atom. The van der Waals surface area contributed by atoms with Crippen molar-refractivity contribution >= 4 is 5.91 Å². The molecule has 1 atom stereocenters. The summed E-state index contributed by atoms with van der Waals surface area (Å²) in [4.78, 5) is 14.0. The van der Waals surface area contributed by atoms with E-state index in [1.54, 1.807) is 17.0 Å². The lowest BCUT2D eigenvalue weighted by Gasteiger charge is -2.42. The van der Waals surface area contributed by atoms with Crippen molar-refractivity contribution in [3.63, 3.8) is 0 Å². The number of hydrogen-bond acceptors (Lipinski definition) is 3. The van der Waals surface area contributed by atoms with Crippen LogP contribution in [0.2, 0.25) is 0 Å². The second-order valence-corrected chi connectivity index (χ2v) is 5.40. The third-order valence-electron chi connectivity index (χ3n) is 3.14. The predicted octanol–water partition coefficient (Wildman–Crippen LogP) is 1.40. The van der Waals surface area contributed by atoms with Crippen LogP contribution in [0.1, 0.15) is 24.2 Å². The zero-order valence-corrected chi connectivity index (χ0v) is 11.2. The summed E-state index contributed by atoms with van der Waals surface area (Å²) in [6.45, 7) is 4.96. The lowest BCUT2D eigenvalue weighted by atomic mass is 10.0. The van der Waals surface area contributed by atoms with E-state index >= 15 is 0 Å². The smallest absolute Gasteiger partial charge is 0.257 e. The third-order valence-corrected chi connectivity index (χ3v) is 3.14. The molecule has 1 unspecified atom stereocenters. The summed E-state index contributed by atoms with van der Waals surface area (Å²) in [5.41, 5.74) is 5.24. The topological polar surface area (TPSA) is 55.6 Å². The summed E-state index contributed by atoms with van der Waals surface area (Å²) in [7, 11) is 0. The number of benzene rings is 1. The number of carbonyl (C=O) groups is 1. The maximum Gasteiger partial charge on any atom is 0.257 e. The Balaban J connectivity index is 2.21. The zero-order valence-electron chi connectivity index (χ0n) is 11.2. The molecular weight excluding hydrogens is 247 g/mol. The lowest BCUT2D eigenvalue weighted by molar-refractivity contribution is -0.122. The number of carbonyl (C=O) groups excluding carboxylic acids is 1. The summed E-state index contributed by atoms with van der Waals surface area (Å²) in [6, 6.07) is 6.01. The number of nitrogens with two attached hydrogens (primary N) is 1. The Labute approximate surface area is 112 Å². The van der Waals surface area contributed by atoms with Gasteiger partial charge in [0.25, 0.3) is 5.91 Å². The molecule has 104 valence electrons. The van der Waals surface area contributed by atoms with Gasteiger partial charge in [0.15, 0.2) is 0 Å². The molecule has 0 spiro atoms. The normalized spacial score (nSPS) is 22.3. The Morgan fingerprint density at radius 3 is 2.84 bits per heavy atom. The zero-order chi connectivity index (χ0) is 14.0. The van der Waals surface area contributed by atoms with E-state index in [2.05, 4.69) is 0 Å². The minimum absolute atomic E-state index is 0.0935. The maximum absolute atomic E-state index is 13.7. The Bertz CT molecular complexity index is 476. The van der Waals surface area contributed by atoms with E-state index in [1.807, 2.05) is 13.8 Å². The maximum atomic E-state index is 13.7. The van der Waals surface area contributed by atoms with Crippen LogP contribution in [0.25, 0.3) is 0 Å². The third kappa shape index (κ3) is 3.11. The second kappa shape index (κ2) is 5.27. The molecule has 1 amide bonds. The van der Waals surface area contributed by atoms with Crippen molar-refractivity contribution in [1.82, 2.24) is 4.90 Å². The molecule has 1 aliphatic heterocycles. The highest BCUT2D eigenvalue weighted by Gasteiger charge is 2.35. The van der Waals surface area contributed by atoms with Crippen LogP contribution >= 0.6 is 0 Å². The minimum Gasteiger partial charge on any atom is -0.367 e. The highest BCUT2D eigenvalue weighted by Crippen LogP contribution is 2.22. The van der Waals surface area contributed by atoms with Crippen molar-refractivity contribution in [2.24, 2.45) is 5.73 Å². The van der Waals surface area contributed by atoms with Gasteiger partial charge in [-0.05, 0) is 26.0 Å². The molecule has 1 heterocycles. The van der Waals surface area contributed by atoms with Crippen LogP contribution in [-0.2, 0) is 4.74 Å². The van der Waals surface area contributed by atoms with Crippen LogP contribution in [-0.4, -0.2) is 42.1 Å². The van der Waals surface area contributed by atoms with E-state index in [1.165, 1.54) is 12.1 Å². The molecule has 2 rings (SSSR count). The first-order chi connectivity index (χ1) is 8.93. The molecule has 1 aromatic rings. The van der Waals surface area contributed by atoms with Crippen molar-refractivity contribution in [3.8, 4) is 0 Å². The molecule has 19 heavy (non-hydrogen) atoms. The molecule has 1 aromatic carbocycles. The Morgan fingerprint density at radius 2 is 2.21 bits per heavy atom. The van der Waals surface area contributed by atoms with E-state index in [9.17, 15) is 9.18 Å². The highest BCUT2D eigenvalue weighted by molar-refractivity contribution is 5.94. The number of morpholine rings is 1. The van der Waals surface area contributed by atoms with Crippen molar-refractivity contribution in [3.05, 3.63) is 35.6 Å². The standard InChI is InChI=1S/C14H19FN2O2/c1-14(2)9-17(8-10(7-16)19-14)13(18)11-5-3-4-6-12(11)15/h3-6,10H,7-9,16H2,1-2H3. The quantitative estimate of drug-likeness (QED) is 0.880. The molecule has 0 saturated carbocycles. The van der Waals surface area contributed by atoms with Crippen molar-refractivity contribution in [2.45, 2.75) is 25.6 Å². The number of ether oxygens (including phenoxy) is 1. The molecule has 4 nitrogen and oxygen atoms in total. The fraction of sp³-hybridized carbons (Fsp3) is 0.500. The van der Waals surface area contributed by atoms with E-state index in [0.717, 1.165) is 0 Å². The molecule has 0 bridgehead atoms. The van der Waals surface area contributed by atoms with E-state index < -0.39 is 11.4 Å². The van der Waals surface area contributed by atoms with Gasteiger partial charge >= 0.3 is 0 Å². The van der Waals surface area contributed by atoms with Crippen LogP contribution in [0, 0.1) is 5.82 Å². The van der Waals surface area contributed by atoms with Crippen molar-refractivity contribution in [2.75, 3.05) is 19.6 Å². The summed E-state index contributed by atoms with van der Waals surface area (Å²) in [6.07, 6.45) is -0.209. The van der Waals surface area contributed by atoms with Gasteiger partial charge in [0.1, 0.15) is 5.82 Å². The minimum atomic E-state index is -0.499. The molecule has 1 fully saturated rings. The van der Waals surface area contributed by atoms with Crippen LogP contribution in [0.4, 0.5) is 4.39 Å². The molecule has 0 radical (unpaired) electrons. The van der Waals surface area contributed by atoms with E-state index in [-0.39, 0.29) is 17.6 Å². The number of nitrogens with zero attached hydrogens (tertiary/aromatic N) is 1. The number of halogens is 1. The van der Waals surface area contributed by atoms with Gasteiger partial charge in [0.2, 0.25) is 0 Å². The molecule has 0 aliphatic carbocycles. The summed E-state index contributed by atoms with van der Waals surface area (Å²) >= 11 is 0. The summed E-state index contributed by atoms with van der Waals surface area (Å²) < 4.78 is 19.4. The first-order valence-electron chi connectivity index (χ1n) is 6.34. The molecule has 1 aliphatic rings. The van der Waals surface area contributed by atoms with Gasteiger partial charge in [-0.1, -0.05) is 12.1 Å². The van der Waals surface area contributed by atoms with Crippen LogP contribution in [0.5, 0.6) is 0 Å². The van der Waals surface area contributed by atoms with Gasteiger partial charge in [-0.25, -0.2) is 4.39 Å². The van der Waals surface area contributed by atoms with Gasteiger partial charge in [0, 0.05) is 19.6 Å². The molecule has 5 heteroatoms.